The highest BCUT2D eigenvalue weighted by molar-refractivity contribution is 7.93. The number of hydrogen-bond acceptors (Lipinski definition) is 14. The van der Waals surface area contributed by atoms with Crippen molar-refractivity contribution in [2.45, 2.75) is 159 Å². The Labute approximate surface area is 470 Å². The Kier molecular flexibility index (Phi) is 31.8. The first kappa shape index (κ1) is 66.4. The number of carbonyl (C=O) groups is 2. The first-order chi connectivity index (χ1) is 38.1. The molecule has 4 aromatic rings. The number of para-hydroxylation sites is 1. The van der Waals surface area contributed by atoms with E-state index in [2.05, 4.69) is 51.4 Å². The number of anilines is 2. The largest absolute Gasteiger partial charge is 0.494 e. The minimum Gasteiger partial charge on any atom is -0.494 e. The molecule has 0 aliphatic rings. The van der Waals surface area contributed by atoms with Crippen molar-refractivity contribution in [3.05, 3.63) is 95.1 Å². The molecule has 434 valence electrons. The second-order valence-electron chi connectivity index (χ2n) is 19.1. The van der Waals surface area contributed by atoms with Gasteiger partial charge in [0, 0.05) is 43.8 Å². The summed E-state index contributed by atoms with van der Waals surface area (Å²) in [5.74, 6) is 2.68. The molecule has 0 saturated carbocycles. The Morgan fingerprint density at radius 2 is 0.899 bits per heavy atom. The first-order valence-corrected chi connectivity index (χ1v) is 31.7. The Balaban J connectivity index is 0.000000419. The molecule has 0 radical (unpaired) electrons. The number of nitrogens with zero attached hydrogens (tertiary/aromatic N) is 2. The minimum atomic E-state index is -3.84. The molecule has 0 heterocycles. The van der Waals surface area contributed by atoms with E-state index in [1.807, 2.05) is 44.2 Å². The molecular formula is C59H86N8O10S2. The predicted molar refractivity (Wildman–Crippen MR) is 312 cm³/mol. The van der Waals surface area contributed by atoms with Crippen LogP contribution in [0.3, 0.4) is 0 Å². The van der Waals surface area contributed by atoms with Crippen molar-refractivity contribution in [2.75, 3.05) is 62.9 Å². The summed E-state index contributed by atoms with van der Waals surface area (Å²) >= 11 is 0. The van der Waals surface area contributed by atoms with Crippen LogP contribution in [0.5, 0.6) is 23.0 Å². The normalized spacial score (nSPS) is 10.9. The smallest absolute Gasteiger partial charge is 0.333 e. The van der Waals surface area contributed by atoms with E-state index in [0.717, 1.165) is 43.1 Å². The van der Waals surface area contributed by atoms with Crippen LogP contribution < -0.4 is 51.3 Å². The van der Waals surface area contributed by atoms with Crippen molar-refractivity contribution in [1.82, 2.24) is 21.5 Å². The second-order valence-corrected chi connectivity index (χ2v) is 23.0. The number of unbranched alkanes of at least 4 members (excludes halogenated alkanes) is 14. The lowest BCUT2D eigenvalue weighted by atomic mass is 9.98. The lowest BCUT2D eigenvalue weighted by Crippen LogP contribution is -2.40. The summed E-state index contributed by atoms with van der Waals surface area (Å²) in [7, 11) is -7.61. The molecule has 0 aromatic heterocycles. The molecule has 0 aliphatic carbocycles. The molecule has 0 bridgehead atoms. The van der Waals surface area contributed by atoms with Crippen LogP contribution in [0, 0.1) is 22.7 Å². The lowest BCUT2D eigenvalue weighted by molar-refractivity contribution is 0.240. The van der Waals surface area contributed by atoms with Crippen molar-refractivity contribution in [3.63, 3.8) is 0 Å². The summed E-state index contributed by atoms with van der Waals surface area (Å²) in [6, 6.07) is 24.1. The summed E-state index contributed by atoms with van der Waals surface area (Å²) in [6.45, 7) is 10.5. The fourth-order valence-electron chi connectivity index (χ4n) is 8.34. The second kappa shape index (κ2) is 37.8. The van der Waals surface area contributed by atoms with Crippen LogP contribution in [0.25, 0.3) is 0 Å². The molecule has 4 rings (SSSR count). The fraction of sp³-hybridized carbons (Fsp3) is 0.525. The molecule has 0 fully saturated rings. The molecule has 18 nitrogen and oxygen atoms in total. The number of hydrogen-bond donors (Lipinski definition) is 6. The van der Waals surface area contributed by atoms with Gasteiger partial charge in [-0.1, -0.05) is 122 Å². The average molecular weight is 1130 g/mol. The molecule has 0 spiro atoms. The van der Waals surface area contributed by atoms with Gasteiger partial charge in [-0.15, -0.1) is 0 Å². The van der Waals surface area contributed by atoms with Crippen LogP contribution in [0.15, 0.2) is 82.6 Å². The molecule has 79 heavy (non-hydrogen) atoms. The van der Waals surface area contributed by atoms with Gasteiger partial charge >= 0.3 is 12.1 Å². The SMILES string of the molecule is CCCCCCCCCCCCCCCCCc1cc(C#N)c(C#N)cc1NNC(=O)NCCCOc1ccccc1.CCOc1cc(OCC)cc(OCCCNC(=O)NNc2cc(S(C)(=O)=O)c(S(C)(=O)=O)cc2CC)c1. The van der Waals surface area contributed by atoms with E-state index >= 15 is 0 Å². The van der Waals surface area contributed by atoms with E-state index in [1.165, 1.54) is 95.6 Å². The van der Waals surface area contributed by atoms with Crippen molar-refractivity contribution in [1.29, 1.82) is 10.5 Å². The standard InChI is InChI=1S/C35H51N5O2.C24H35N3O8S2/c1-2-3-4-5-6-7-8-9-10-11-12-13-14-15-17-21-30-26-31(28-36)32(29-37)27-34(30)39-40-35(41)38-24-20-25-42-33-22-18-16-19-23-33;1-6-17-12-22(36(4,29)30)23(37(5,31)32)16-21(17)26-27-24(28)25-10-9-11-35-20-14-18(33-7-2)13-19(15-20)34-8-3/h16,18-19,22-23,26-27,39H,2-15,17,20-21,24-25H2,1H3,(H2,38,40,41);12-16,26H,6-11H2,1-5H3,(H2,25,27,28). The molecule has 0 unspecified atom stereocenters. The number of nitrogens with one attached hydrogen (secondary N) is 6. The molecule has 0 atom stereocenters. The Morgan fingerprint density at radius 3 is 1.34 bits per heavy atom. The zero-order valence-corrected chi connectivity index (χ0v) is 49.0. The molecule has 6 N–H and O–H groups in total. The molecule has 4 amide bonds. The highest BCUT2D eigenvalue weighted by Gasteiger charge is 2.23. The van der Waals surface area contributed by atoms with Crippen LogP contribution in [-0.2, 0) is 32.5 Å². The number of nitriles is 2. The van der Waals surface area contributed by atoms with Gasteiger partial charge in [0.15, 0.2) is 19.7 Å². The van der Waals surface area contributed by atoms with Crippen molar-refractivity contribution in [2.24, 2.45) is 0 Å². The third-order valence-electron chi connectivity index (χ3n) is 12.5. The number of benzene rings is 4. The maximum atomic E-state index is 12.3. The number of rotatable bonds is 37. The maximum Gasteiger partial charge on any atom is 0.333 e. The van der Waals surface area contributed by atoms with Gasteiger partial charge in [0.2, 0.25) is 0 Å². The van der Waals surface area contributed by atoms with Crippen LogP contribution in [0.1, 0.15) is 159 Å². The number of ether oxygens (including phenoxy) is 4. The summed E-state index contributed by atoms with van der Waals surface area (Å²) in [5.41, 5.74) is 13.8. The zero-order chi connectivity index (χ0) is 57.7. The third kappa shape index (κ3) is 27.0. The molecule has 20 heteroatoms. The Bertz CT molecular complexity index is 2740. The van der Waals surface area contributed by atoms with Gasteiger partial charge in [-0.3, -0.25) is 21.7 Å². The number of urea groups is 2. The van der Waals surface area contributed by atoms with Crippen LogP contribution >= 0.6 is 0 Å². The molecule has 4 aromatic carbocycles. The van der Waals surface area contributed by atoms with Gasteiger partial charge in [0.05, 0.1) is 58.7 Å². The summed E-state index contributed by atoms with van der Waals surface area (Å²) < 4.78 is 71.0. The van der Waals surface area contributed by atoms with Crippen molar-refractivity contribution in [3.8, 4) is 35.1 Å². The monoisotopic (exact) mass is 1130 g/mol. The first-order valence-electron chi connectivity index (χ1n) is 27.9. The third-order valence-corrected chi connectivity index (χ3v) is 14.9. The quantitative estimate of drug-likeness (QED) is 0.0181. The van der Waals surface area contributed by atoms with Crippen LogP contribution in [0.2, 0.25) is 0 Å². The van der Waals surface area contributed by atoms with E-state index in [0.29, 0.717) is 98.4 Å². The van der Waals surface area contributed by atoms with E-state index in [1.54, 1.807) is 37.3 Å². The summed E-state index contributed by atoms with van der Waals surface area (Å²) in [5, 5.41) is 24.4. The molecule has 0 saturated heterocycles. The predicted octanol–water partition coefficient (Wildman–Crippen LogP) is 11.9. The van der Waals surface area contributed by atoms with E-state index in [4.69, 9.17) is 18.9 Å². The molecular weight excluding hydrogens is 1040 g/mol. The van der Waals surface area contributed by atoms with E-state index in [9.17, 15) is 36.9 Å². The summed E-state index contributed by atoms with van der Waals surface area (Å²) in [6.07, 6.45) is 23.9. The van der Waals surface area contributed by atoms with E-state index in [-0.39, 0.29) is 21.5 Å². The van der Waals surface area contributed by atoms with Crippen LogP contribution in [0.4, 0.5) is 21.0 Å². The number of aryl methyl sites for hydroxylation is 2. The minimum absolute atomic E-state index is 0.276. The zero-order valence-electron chi connectivity index (χ0n) is 47.4. The van der Waals surface area contributed by atoms with Gasteiger partial charge in [0.25, 0.3) is 0 Å². The van der Waals surface area contributed by atoms with Gasteiger partial charge < -0.3 is 29.6 Å². The Morgan fingerprint density at radius 1 is 0.481 bits per heavy atom. The number of carbonyl (C=O) groups excluding carboxylic acids is 2. The topological polar surface area (TPSA) is 259 Å². The van der Waals surface area contributed by atoms with E-state index < -0.39 is 25.7 Å². The highest BCUT2D eigenvalue weighted by atomic mass is 32.2. The Hall–Kier alpha value is -6.90. The van der Waals surface area contributed by atoms with Gasteiger partial charge in [-0.25, -0.2) is 26.4 Å². The maximum absolute atomic E-state index is 12.3. The van der Waals surface area contributed by atoms with Gasteiger partial charge in [-0.2, -0.15) is 10.5 Å². The molecule has 0 aliphatic heterocycles. The average Bonchev–Trinajstić information content (AvgIpc) is 3.46. The number of hydrazine groups is 2. The van der Waals surface area contributed by atoms with Crippen molar-refractivity contribution >= 4 is 43.1 Å². The number of amides is 4. The van der Waals surface area contributed by atoms with Gasteiger partial charge in [-0.05, 0) is 93.5 Å². The fourth-order valence-corrected chi connectivity index (χ4v) is 10.8. The highest BCUT2D eigenvalue weighted by Crippen LogP contribution is 2.30. The lowest BCUT2D eigenvalue weighted by Gasteiger charge is -2.16. The number of sulfone groups is 2. The van der Waals surface area contributed by atoms with Crippen LogP contribution in [-0.4, -0.2) is 80.9 Å². The van der Waals surface area contributed by atoms with Crippen molar-refractivity contribution < 1.29 is 45.4 Å². The van der Waals surface area contributed by atoms with Gasteiger partial charge in [0.1, 0.15) is 35.1 Å². The summed E-state index contributed by atoms with van der Waals surface area (Å²) in [4.78, 5) is 23.9.